The standard InChI is InChI=1S/C14H15F2NO4/c15-9-5-4-8(10(16)11(9)18)12(19)17-14(13(20)21)6-2-1-3-7-14/h4-5,18H,1-3,6-7H2,(H,17,19)(H,20,21). The van der Waals surface area contributed by atoms with Gasteiger partial charge in [-0.15, -0.1) is 0 Å². The third-order valence-corrected chi connectivity index (χ3v) is 3.78. The van der Waals surface area contributed by atoms with Gasteiger partial charge in [0.15, 0.2) is 17.4 Å². The van der Waals surface area contributed by atoms with Gasteiger partial charge < -0.3 is 15.5 Å². The minimum absolute atomic E-state index is 0.253. The van der Waals surface area contributed by atoms with E-state index in [1.165, 1.54) is 0 Å². The molecule has 0 spiro atoms. The minimum Gasteiger partial charge on any atom is -0.503 e. The minimum atomic E-state index is -1.44. The average Bonchev–Trinajstić information content (AvgIpc) is 2.45. The smallest absolute Gasteiger partial charge is 0.329 e. The Labute approximate surface area is 119 Å². The van der Waals surface area contributed by atoms with Crippen LogP contribution in [0.2, 0.25) is 0 Å². The van der Waals surface area contributed by atoms with E-state index in [1.54, 1.807) is 0 Å². The van der Waals surface area contributed by atoms with Crippen LogP contribution in [0, 0.1) is 11.6 Å². The molecule has 2 rings (SSSR count). The first kappa shape index (κ1) is 15.2. The van der Waals surface area contributed by atoms with E-state index in [9.17, 15) is 23.5 Å². The highest BCUT2D eigenvalue weighted by molar-refractivity contribution is 5.98. The summed E-state index contributed by atoms with van der Waals surface area (Å²) in [6.45, 7) is 0. The van der Waals surface area contributed by atoms with Gasteiger partial charge in [0.2, 0.25) is 0 Å². The molecule has 1 aliphatic carbocycles. The lowest BCUT2D eigenvalue weighted by Crippen LogP contribution is -2.55. The largest absolute Gasteiger partial charge is 0.503 e. The van der Waals surface area contributed by atoms with E-state index in [4.69, 9.17) is 5.11 Å². The number of carboxylic acid groups (broad SMARTS) is 1. The van der Waals surface area contributed by atoms with Crippen LogP contribution >= 0.6 is 0 Å². The second-order valence-electron chi connectivity index (χ2n) is 5.16. The Morgan fingerprint density at radius 2 is 1.76 bits per heavy atom. The van der Waals surface area contributed by atoms with Gasteiger partial charge in [-0.05, 0) is 25.0 Å². The van der Waals surface area contributed by atoms with E-state index < -0.39 is 40.4 Å². The van der Waals surface area contributed by atoms with Crippen molar-refractivity contribution in [2.75, 3.05) is 0 Å². The lowest BCUT2D eigenvalue weighted by Gasteiger charge is -2.34. The zero-order chi connectivity index (χ0) is 15.6. The number of amides is 1. The van der Waals surface area contributed by atoms with Gasteiger partial charge in [-0.3, -0.25) is 4.79 Å². The number of hydrogen-bond acceptors (Lipinski definition) is 3. The van der Waals surface area contributed by atoms with Gasteiger partial charge in [0.25, 0.3) is 5.91 Å². The Hall–Kier alpha value is -2.18. The van der Waals surface area contributed by atoms with Crippen molar-refractivity contribution in [1.82, 2.24) is 5.32 Å². The van der Waals surface area contributed by atoms with Crippen molar-refractivity contribution in [3.8, 4) is 5.75 Å². The molecule has 1 aliphatic rings. The number of hydrogen-bond donors (Lipinski definition) is 3. The van der Waals surface area contributed by atoms with Crippen LogP contribution in [0.15, 0.2) is 12.1 Å². The predicted molar refractivity (Wildman–Crippen MR) is 68.9 cm³/mol. The van der Waals surface area contributed by atoms with E-state index in [0.717, 1.165) is 18.6 Å². The highest BCUT2D eigenvalue weighted by Crippen LogP contribution is 2.30. The molecule has 0 atom stereocenters. The first-order valence-electron chi connectivity index (χ1n) is 6.60. The van der Waals surface area contributed by atoms with Crippen molar-refractivity contribution < 1.29 is 28.6 Å². The number of phenols is 1. The van der Waals surface area contributed by atoms with Crippen LogP contribution < -0.4 is 5.32 Å². The number of aromatic hydroxyl groups is 1. The molecule has 7 heteroatoms. The van der Waals surface area contributed by atoms with Gasteiger partial charge in [0.05, 0.1) is 5.56 Å². The van der Waals surface area contributed by atoms with E-state index in [0.29, 0.717) is 12.8 Å². The van der Waals surface area contributed by atoms with Gasteiger partial charge in [0, 0.05) is 0 Å². The molecule has 1 fully saturated rings. The third kappa shape index (κ3) is 2.81. The van der Waals surface area contributed by atoms with E-state index >= 15 is 0 Å². The molecule has 0 bridgehead atoms. The maximum atomic E-state index is 13.7. The van der Waals surface area contributed by atoms with Crippen molar-refractivity contribution in [2.24, 2.45) is 0 Å². The lowest BCUT2D eigenvalue weighted by atomic mass is 9.81. The summed E-state index contributed by atoms with van der Waals surface area (Å²) in [7, 11) is 0. The fourth-order valence-electron chi connectivity index (χ4n) is 2.55. The first-order valence-corrected chi connectivity index (χ1v) is 6.60. The molecule has 5 nitrogen and oxygen atoms in total. The number of carbonyl (C=O) groups excluding carboxylic acids is 1. The van der Waals surface area contributed by atoms with Crippen molar-refractivity contribution in [2.45, 2.75) is 37.6 Å². The Morgan fingerprint density at radius 3 is 2.33 bits per heavy atom. The molecule has 0 radical (unpaired) electrons. The summed E-state index contributed by atoms with van der Waals surface area (Å²) in [5, 5.41) is 20.8. The normalized spacial score (nSPS) is 17.2. The fraction of sp³-hybridized carbons (Fsp3) is 0.429. The summed E-state index contributed by atoms with van der Waals surface area (Å²) in [5.74, 6) is -6.00. The quantitative estimate of drug-likeness (QED) is 0.798. The molecule has 1 aromatic rings. The van der Waals surface area contributed by atoms with E-state index in [1.807, 2.05) is 0 Å². The average molecular weight is 299 g/mol. The number of benzene rings is 1. The van der Waals surface area contributed by atoms with Crippen molar-refractivity contribution in [3.05, 3.63) is 29.3 Å². The van der Waals surface area contributed by atoms with Gasteiger partial charge in [-0.2, -0.15) is 0 Å². The van der Waals surface area contributed by atoms with Crippen molar-refractivity contribution in [1.29, 1.82) is 0 Å². The van der Waals surface area contributed by atoms with Gasteiger partial charge in [-0.25, -0.2) is 13.6 Å². The van der Waals surface area contributed by atoms with Gasteiger partial charge in [0.1, 0.15) is 5.54 Å². The Balaban J connectivity index is 2.28. The number of carbonyl (C=O) groups is 2. The molecule has 1 aromatic carbocycles. The predicted octanol–water partition coefficient (Wildman–Crippen LogP) is 2.19. The second kappa shape index (κ2) is 5.67. The lowest BCUT2D eigenvalue weighted by molar-refractivity contribution is -0.145. The summed E-state index contributed by atoms with van der Waals surface area (Å²) in [4.78, 5) is 23.5. The molecular formula is C14H15F2NO4. The molecule has 21 heavy (non-hydrogen) atoms. The first-order chi connectivity index (χ1) is 9.87. The molecule has 0 unspecified atom stereocenters. The van der Waals surface area contributed by atoms with Crippen molar-refractivity contribution >= 4 is 11.9 Å². The van der Waals surface area contributed by atoms with Crippen LogP contribution in [-0.4, -0.2) is 27.6 Å². The SMILES string of the molecule is O=C(NC1(C(=O)O)CCCCC1)c1ccc(F)c(O)c1F. The summed E-state index contributed by atoms with van der Waals surface area (Å²) in [6.07, 6.45) is 2.66. The van der Waals surface area contributed by atoms with Crippen LogP contribution in [0.4, 0.5) is 8.78 Å². The molecule has 0 aliphatic heterocycles. The molecule has 1 amide bonds. The molecule has 3 N–H and O–H groups in total. The summed E-state index contributed by atoms with van der Waals surface area (Å²) >= 11 is 0. The summed E-state index contributed by atoms with van der Waals surface area (Å²) in [5.41, 5.74) is -2.02. The Bertz CT molecular complexity index is 583. The zero-order valence-electron chi connectivity index (χ0n) is 11.2. The topological polar surface area (TPSA) is 86.6 Å². The number of phenolic OH excluding ortho intramolecular Hbond substituents is 1. The highest BCUT2D eigenvalue weighted by atomic mass is 19.1. The summed E-state index contributed by atoms with van der Waals surface area (Å²) in [6, 6.07) is 1.62. The molecule has 0 heterocycles. The van der Waals surface area contributed by atoms with Crippen LogP contribution in [0.25, 0.3) is 0 Å². The number of halogens is 2. The maximum Gasteiger partial charge on any atom is 0.329 e. The number of carboxylic acids is 1. The number of rotatable bonds is 3. The van der Waals surface area contributed by atoms with Gasteiger partial charge >= 0.3 is 5.97 Å². The maximum absolute atomic E-state index is 13.7. The number of aliphatic carboxylic acids is 1. The Kier molecular flexibility index (Phi) is 4.11. The molecule has 114 valence electrons. The van der Waals surface area contributed by atoms with Gasteiger partial charge in [-0.1, -0.05) is 19.3 Å². The van der Waals surface area contributed by atoms with Crippen LogP contribution in [-0.2, 0) is 4.79 Å². The number of nitrogens with one attached hydrogen (secondary N) is 1. The van der Waals surface area contributed by atoms with Crippen LogP contribution in [0.5, 0.6) is 5.75 Å². The second-order valence-corrected chi connectivity index (χ2v) is 5.16. The van der Waals surface area contributed by atoms with Crippen LogP contribution in [0.1, 0.15) is 42.5 Å². The molecule has 1 saturated carbocycles. The summed E-state index contributed by atoms with van der Waals surface area (Å²) < 4.78 is 26.7. The molecular weight excluding hydrogens is 284 g/mol. The van der Waals surface area contributed by atoms with Crippen LogP contribution in [0.3, 0.4) is 0 Å². The van der Waals surface area contributed by atoms with E-state index in [-0.39, 0.29) is 12.8 Å². The fourth-order valence-corrected chi connectivity index (χ4v) is 2.55. The Morgan fingerprint density at radius 1 is 1.14 bits per heavy atom. The molecule has 0 saturated heterocycles. The van der Waals surface area contributed by atoms with E-state index in [2.05, 4.69) is 5.32 Å². The molecule has 0 aromatic heterocycles. The monoisotopic (exact) mass is 299 g/mol. The third-order valence-electron chi connectivity index (χ3n) is 3.78. The van der Waals surface area contributed by atoms with Crippen molar-refractivity contribution in [3.63, 3.8) is 0 Å². The zero-order valence-corrected chi connectivity index (χ0v) is 11.2. The highest BCUT2D eigenvalue weighted by Gasteiger charge is 2.41.